The predicted octanol–water partition coefficient (Wildman–Crippen LogP) is 0.804. The first-order valence-corrected chi connectivity index (χ1v) is 5.84. The number of aliphatic hydroxyl groups excluding tert-OH is 2. The van der Waals surface area contributed by atoms with E-state index in [1.165, 1.54) is 19.3 Å². The minimum absolute atomic E-state index is 0.0727. The molecule has 0 aromatic carbocycles. The monoisotopic (exact) mass is 262 g/mol. The largest absolute Gasteiger partial charge is 0.389 e. The van der Waals surface area contributed by atoms with Gasteiger partial charge in [0.1, 0.15) is 6.10 Å². The fourth-order valence-corrected chi connectivity index (χ4v) is 1.68. The van der Waals surface area contributed by atoms with Crippen molar-refractivity contribution < 1.29 is 15.0 Å². The number of nitrogens with zero attached hydrogens (tertiary/aromatic N) is 2. The van der Waals surface area contributed by atoms with Crippen LogP contribution in [0.5, 0.6) is 0 Å². The van der Waals surface area contributed by atoms with Gasteiger partial charge < -0.3 is 10.2 Å². The van der Waals surface area contributed by atoms with Crippen molar-refractivity contribution in [2.75, 3.05) is 5.75 Å². The average Bonchev–Trinajstić information content (AvgIpc) is 2.26. The summed E-state index contributed by atoms with van der Waals surface area (Å²) in [6.45, 7) is 1.40. The second-order valence-electron chi connectivity index (χ2n) is 3.10. The van der Waals surface area contributed by atoms with Gasteiger partial charge in [-0.2, -0.15) is 0 Å². The summed E-state index contributed by atoms with van der Waals surface area (Å²) in [5.74, 6) is 0.124. The molecule has 0 fully saturated rings. The van der Waals surface area contributed by atoms with Gasteiger partial charge in [-0.05, 0) is 11.6 Å². The first-order valence-electron chi connectivity index (χ1n) is 4.47. The number of hydrogen-bond donors (Lipinski definition) is 2. The Bertz CT molecular complexity index is 360. The molecule has 0 aliphatic carbocycles. The Morgan fingerprint density at radius 1 is 1.50 bits per heavy atom. The maximum Gasteiger partial charge on any atom is 0.222 e. The molecule has 2 atom stereocenters. The molecule has 2 unspecified atom stereocenters. The Balaban J connectivity index is 2.59. The number of carbonyl (C=O) groups excluding carboxylic acids is 1. The van der Waals surface area contributed by atoms with Crippen molar-refractivity contribution >= 4 is 28.5 Å². The molecule has 0 spiro atoms. The van der Waals surface area contributed by atoms with Crippen molar-refractivity contribution in [3.05, 3.63) is 23.2 Å². The highest BCUT2D eigenvalue weighted by molar-refractivity contribution is 8.13. The van der Waals surface area contributed by atoms with E-state index in [-0.39, 0.29) is 16.2 Å². The van der Waals surface area contributed by atoms with E-state index in [4.69, 9.17) is 11.6 Å². The summed E-state index contributed by atoms with van der Waals surface area (Å²) < 4.78 is 0. The molecule has 0 aliphatic rings. The van der Waals surface area contributed by atoms with Crippen molar-refractivity contribution in [1.29, 1.82) is 0 Å². The summed E-state index contributed by atoms with van der Waals surface area (Å²) in [6.07, 6.45) is 0.506. The molecule has 2 N–H and O–H groups in total. The molecule has 16 heavy (non-hydrogen) atoms. The molecule has 0 bridgehead atoms. The number of thioether (sulfide) groups is 1. The fourth-order valence-electron chi connectivity index (χ4n) is 0.991. The van der Waals surface area contributed by atoms with E-state index in [0.29, 0.717) is 5.56 Å². The zero-order chi connectivity index (χ0) is 12.1. The van der Waals surface area contributed by atoms with E-state index in [1.807, 2.05) is 0 Å². The van der Waals surface area contributed by atoms with Crippen LogP contribution in [0.4, 0.5) is 0 Å². The molecule has 0 amide bonds. The highest BCUT2D eigenvalue weighted by Crippen LogP contribution is 2.19. The average molecular weight is 263 g/mol. The molecule has 1 aromatic heterocycles. The zero-order valence-electron chi connectivity index (χ0n) is 8.50. The van der Waals surface area contributed by atoms with Crippen molar-refractivity contribution in [1.82, 2.24) is 9.97 Å². The third kappa shape index (κ3) is 4.05. The normalized spacial score (nSPS) is 14.5. The maximum absolute atomic E-state index is 10.7. The summed E-state index contributed by atoms with van der Waals surface area (Å²) in [5.41, 5.74) is 0.362. The van der Waals surface area contributed by atoms with Gasteiger partial charge in [-0.1, -0.05) is 11.8 Å². The SMILES string of the molecule is CC(=O)SCC(O)C(O)c1cnc(Cl)nc1. The van der Waals surface area contributed by atoms with Crippen LogP contribution < -0.4 is 0 Å². The standard InChI is InChI=1S/C9H11ClN2O3S/c1-5(13)16-4-7(14)8(15)6-2-11-9(10)12-3-6/h2-3,7-8,14-15H,4H2,1H3. The van der Waals surface area contributed by atoms with Gasteiger partial charge in [0.05, 0.1) is 6.10 Å². The molecule has 5 nitrogen and oxygen atoms in total. The molecule has 88 valence electrons. The first-order chi connectivity index (χ1) is 7.50. The van der Waals surface area contributed by atoms with Gasteiger partial charge in [-0.3, -0.25) is 4.79 Å². The van der Waals surface area contributed by atoms with Gasteiger partial charge in [0.25, 0.3) is 0 Å². The Kier molecular flexibility index (Phi) is 5.14. The highest BCUT2D eigenvalue weighted by Gasteiger charge is 2.19. The molecule has 7 heteroatoms. The predicted molar refractivity (Wildman–Crippen MR) is 61.1 cm³/mol. The smallest absolute Gasteiger partial charge is 0.222 e. The van der Waals surface area contributed by atoms with Gasteiger partial charge >= 0.3 is 0 Å². The number of aliphatic hydroxyl groups is 2. The van der Waals surface area contributed by atoms with Gasteiger partial charge in [-0.15, -0.1) is 0 Å². The molecule has 0 saturated carbocycles. The van der Waals surface area contributed by atoms with Crippen LogP contribution in [0, 0.1) is 0 Å². The van der Waals surface area contributed by atoms with E-state index in [0.717, 1.165) is 11.8 Å². The van der Waals surface area contributed by atoms with Gasteiger partial charge in [0, 0.05) is 30.6 Å². The molecule has 1 heterocycles. The van der Waals surface area contributed by atoms with Crippen molar-refractivity contribution in [2.24, 2.45) is 0 Å². The number of halogens is 1. The first kappa shape index (κ1) is 13.4. The summed E-state index contributed by atoms with van der Waals surface area (Å²) in [6, 6.07) is 0. The van der Waals surface area contributed by atoms with Crippen molar-refractivity contribution in [3.63, 3.8) is 0 Å². The lowest BCUT2D eigenvalue weighted by Crippen LogP contribution is -2.21. The van der Waals surface area contributed by atoms with Gasteiger partial charge in [-0.25, -0.2) is 9.97 Å². The Hall–Kier alpha value is -0.690. The lowest BCUT2D eigenvalue weighted by atomic mass is 10.1. The molecular formula is C9H11ClN2O3S. The molecule has 0 saturated heterocycles. The van der Waals surface area contributed by atoms with Gasteiger partial charge in [0.2, 0.25) is 5.28 Å². The minimum atomic E-state index is -1.12. The van der Waals surface area contributed by atoms with Crippen LogP contribution in [-0.4, -0.2) is 37.2 Å². The van der Waals surface area contributed by atoms with Crippen LogP contribution in [0.3, 0.4) is 0 Å². The lowest BCUT2D eigenvalue weighted by Gasteiger charge is -2.16. The van der Waals surface area contributed by atoms with E-state index in [9.17, 15) is 15.0 Å². The summed E-state index contributed by atoms with van der Waals surface area (Å²) >= 11 is 6.43. The van der Waals surface area contributed by atoms with E-state index >= 15 is 0 Å². The molecule has 0 radical (unpaired) electrons. The van der Waals surface area contributed by atoms with Crippen LogP contribution in [-0.2, 0) is 4.79 Å². The molecule has 1 aromatic rings. The molecular weight excluding hydrogens is 252 g/mol. The second kappa shape index (κ2) is 6.15. The van der Waals surface area contributed by atoms with Crippen molar-refractivity contribution in [3.8, 4) is 0 Å². The third-order valence-corrected chi connectivity index (χ3v) is 2.91. The quantitative estimate of drug-likeness (QED) is 0.781. The van der Waals surface area contributed by atoms with E-state index < -0.39 is 12.2 Å². The second-order valence-corrected chi connectivity index (χ2v) is 4.64. The lowest BCUT2D eigenvalue weighted by molar-refractivity contribution is -0.109. The third-order valence-electron chi connectivity index (χ3n) is 1.80. The topological polar surface area (TPSA) is 83.3 Å². The summed E-state index contributed by atoms with van der Waals surface area (Å²) in [4.78, 5) is 18.1. The highest BCUT2D eigenvalue weighted by atomic mass is 35.5. The number of carbonyl (C=O) groups is 1. The minimum Gasteiger partial charge on any atom is -0.389 e. The summed E-state index contributed by atoms with van der Waals surface area (Å²) in [7, 11) is 0. The van der Waals surface area contributed by atoms with Crippen LogP contribution in [0.2, 0.25) is 5.28 Å². The van der Waals surface area contributed by atoms with E-state index in [1.54, 1.807) is 0 Å². The van der Waals surface area contributed by atoms with Crippen LogP contribution >= 0.6 is 23.4 Å². The summed E-state index contributed by atoms with van der Waals surface area (Å²) in [5, 5.41) is 19.2. The van der Waals surface area contributed by atoms with Crippen LogP contribution in [0.25, 0.3) is 0 Å². The van der Waals surface area contributed by atoms with Crippen LogP contribution in [0.1, 0.15) is 18.6 Å². The Labute approximate surface area is 102 Å². The molecule has 1 rings (SSSR count). The zero-order valence-corrected chi connectivity index (χ0v) is 10.1. The maximum atomic E-state index is 10.7. The fraction of sp³-hybridized carbons (Fsp3) is 0.444. The Morgan fingerprint density at radius 3 is 2.56 bits per heavy atom. The van der Waals surface area contributed by atoms with Crippen molar-refractivity contribution in [2.45, 2.75) is 19.1 Å². The number of rotatable bonds is 4. The van der Waals surface area contributed by atoms with E-state index in [2.05, 4.69) is 9.97 Å². The Morgan fingerprint density at radius 2 is 2.06 bits per heavy atom. The molecule has 0 aliphatic heterocycles. The number of hydrogen-bond acceptors (Lipinski definition) is 6. The van der Waals surface area contributed by atoms with Crippen LogP contribution in [0.15, 0.2) is 12.4 Å². The number of aromatic nitrogens is 2. The van der Waals surface area contributed by atoms with Gasteiger partial charge in [0.15, 0.2) is 5.12 Å².